The van der Waals surface area contributed by atoms with Gasteiger partial charge in [0.2, 0.25) is 0 Å². The maximum absolute atomic E-state index is 10.3. The highest BCUT2D eigenvalue weighted by Crippen LogP contribution is 2.24. The van der Waals surface area contributed by atoms with Crippen molar-refractivity contribution < 1.29 is 9.90 Å². The van der Waals surface area contributed by atoms with Crippen LogP contribution in [0.5, 0.6) is 0 Å². The maximum Gasteiger partial charge on any atom is 0.149 e. The Bertz CT molecular complexity index is 340. The minimum absolute atomic E-state index is 0.0280. The summed E-state index contributed by atoms with van der Waals surface area (Å²) in [5.41, 5.74) is -0.272. The quantitative estimate of drug-likeness (QED) is 0.679. The molecule has 64 valence electrons. The topological polar surface area (TPSA) is 53.0 Å². The molecule has 0 fully saturated rings. The number of carboxylic acid groups (broad SMARTS) is 1. The highest BCUT2D eigenvalue weighted by molar-refractivity contribution is 6.42. The van der Waals surface area contributed by atoms with Gasteiger partial charge in [-0.2, -0.15) is 0 Å². The summed E-state index contributed by atoms with van der Waals surface area (Å²) < 4.78 is 0. The fourth-order valence-electron chi connectivity index (χ4n) is 0.589. The Morgan fingerprint density at radius 3 is 2.42 bits per heavy atom. The molecule has 0 aliphatic heterocycles. The van der Waals surface area contributed by atoms with Crippen LogP contribution in [0, 0.1) is 0 Å². The van der Waals surface area contributed by atoms with Crippen molar-refractivity contribution in [2.45, 2.75) is 0 Å². The van der Waals surface area contributed by atoms with E-state index in [9.17, 15) is 9.90 Å². The molecule has 1 heterocycles. The van der Waals surface area contributed by atoms with Crippen molar-refractivity contribution in [2.24, 2.45) is 0 Å². The minimum atomic E-state index is -1.44. The van der Waals surface area contributed by atoms with Crippen LogP contribution in [0.3, 0.4) is 0 Å². The van der Waals surface area contributed by atoms with E-state index < -0.39 is 5.97 Å². The molecule has 0 amide bonds. The smallest absolute Gasteiger partial charge is 0.149 e. The first-order valence-corrected chi connectivity index (χ1v) is 3.88. The number of carboxylic acids is 1. The van der Waals surface area contributed by atoms with Crippen molar-refractivity contribution >= 4 is 40.8 Å². The monoisotopic (exact) mass is 224 g/mol. The number of aromatic carboxylic acids is 1. The minimum Gasteiger partial charge on any atom is -0.545 e. The lowest BCUT2D eigenvalue weighted by molar-refractivity contribution is -0.255. The number of hydrogen-bond donors (Lipinski definition) is 0. The number of carbonyl (C=O) groups excluding carboxylic acids is 1. The summed E-state index contributed by atoms with van der Waals surface area (Å²) in [6, 6.07) is 1.09. The summed E-state index contributed by atoms with van der Waals surface area (Å²) in [7, 11) is 0. The predicted octanol–water partition coefficient (Wildman–Crippen LogP) is 1.41. The molecule has 0 spiro atoms. The summed E-state index contributed by atoms with van der Waals surface area (Å²) in [5, 5.41) is 10.1. The van der Waals surface area contributed by atoms with Gasteiger partial charge in [0.05, 0.1) is 11.0 Å². The third kappa shape index (κ3) is 1.80. The Balaban J connectivity index is 3.33. The van der Waals surface area contributed by atoms with Crippen LogP contribution in [0.2, 0.25) is 15.3 Å². The third-order valence-corrected chi connectivity index (χ3v) is 2.07. The SMILES string of the molecule is O=C([O-])c1cc(Cl)c(Cl)nc1Cl. The van der Waals surface area contributed by atoms with Crippen LogP contribution in [-0.2, 0) is 0 Å². The van der Waals surface area contributed by atoms with Crippen LogP contribution in [-0.4, -0.2) is 11.0 Å². The lowest BCUT2D eigenvalue weighted by Gasteiger charge is -2.04. The molecule has 1 rings (SSSR count). The summed E-state index contributed by atoms with van der Waals surface area (Å²) in [5.74, 6) is -1.44. The fraction of sp³-hybridized carbons (Fsp3) is 0. The molecule has 12 heavy (non-hydrogen) atoms. The zero-order chi connectivity index (χ0) is 9.30. The molecule has 6 heteroatoms. The average molecular weight is 225 g/mol. The summed E-state index contributed by atoms with van der Waals surface area (Å²) in [4.78, 5) is 13.8. The first-order chi connectivity index (χ1) is 5.52. The van der Waals surface area contributed by atoms with E-state index >= 15 is 0 Å². The molecule has 0 bridgehead atoms. The molecule has 0 saturated carbocycles. The maximum atomic E-state index is 10.3. The van der Waals surface area contributed by atoms with Gasteiger partial charge in [-0.15, -0.1) is 0 Å². The van der Waals surface area contributed by atoms with E-state index in [4.69, 9.17) is 34.8 Å². The van der Waals surface area contributed by atoms with Crippen molar-refractivity contribution in [1.82, 2.24) is 4.98 Å². The normalized spacial score (nSPS) is 9.92. The molecule has 0 atom stereocenters. The highest BCUT2D eigenvalue weighted by atomic mass is 35.5. The van der Waals surface area contributed by atoms with Crippen LogP contribution < -0.4 is 5.11 Å². The van der Waals surface area contributed by atoms with Crippen LogP contribution in [0.1, 0.15) is 10.4 Å². The molecule has 1 aromatic rings. The van der Waals surface area contributed by atoms with E-state index in [2.05, 4.69) is 4.98 Å². The second kappa shape index (κ2) is 3.47. The van der Waals surface area contributed by atoms with Gasteiger partial charge < -0.3 is 9.90 Å². The van der Waals surface area contributed by atoms with Crippen molar-refractivity contribution in [1.29, 1.82) is 0 Å². The zero-order valence-corrected chi connectivity index (χ0v) is 7.74. The van der Waals surface area contributed by atoms with Gasteiger partial charge in [-0.3, -0.25) is 0 Å². The Labute approximate surface area is 82.9 Å². The highest BCUT2D eigenvalue weighted by Gasteiger charge is 2.07. The largest absolute Gasteiger partial charge is 0.545 e. The molecule has 0 saturated heterocycles. The van der Waals surface area contributed by atoms with E-state index in [0.29, 0.717) is 0 Å². The Hall–Kier alpha value is -0.510. The Kier molecular flexibility index (Phi) is 2.77. The van der Waals surface area contributed by atoms with Crippen LogP contribution in [0.4, 0.5) is 0 Å². The van der Waals surface area contributed by atoms with Gasteiger partial charge in [-0.1, -0.05) is 34.8 Å². The second-order valence-corrected chi connectivity index (χ2v) is 3.01. The first-order valence-electron chi connectivity index (χ1n) is 2.75. The summed E-state index contributed by atoms with van der Waals surface area (Å²) >= 11 is 16.4. The lowest BCUT2D eigenvalue weighted by Crippen LogP contribution is -2.23. The van der Waals surface area contributed by atoms with Gasteiger partial charge in [-0.05, 0) is 6.07 Å². The van der Waals surface area contributed by atoms with Gasteiger partial charge in [0.25, 0.3) is 0 Å². The standard InChI is InChI=1S/C6H2Cl3NO2/c7-3-1-2(6(11)12)4(8)10-5(3)9/h1H,(H,11,12)/p-1. The molecule has 0 radical (unpaired) electrons. The molecule has 0 unspecified atom stereocenters. The van der Waals surface area contributed by atoms with E-state index in [1.807, 2.05) is 0 Å². The molecule has 0 aliphatic rings. The molecular formula is C6HCl3NO2-. The fourth-order valence-corrected chi connectivity index (χ4v) is 1.14. The number of carbonyl (C=O) groups is 1. The number of hydrogen-bond acceptors (Lipinski definition) is 3. The number of aromatic nitrogens is 1. The Morgan fingerprint density at radius 1 is 1.33 bits per heavy atom. The summed E-state index contributed by atoms with van der Waals surface area (Å²) in [6.07, 6.45) is 0. The van der Waals surface area contributed by atoms with Crippen LogP contribution >= 0.6 is 34.8 Å². The third-order valence-electron chi connectivity index (χ3n) is 1.11. The van der Waals surface area contributed by atoms with Crippen molar-refractivity contribution in [3.63, 3.8) is 0 Å². The Morgan fingerprint density at radius 2 is 1.92 bits per heavy atom. The van der Waals surface area contributed by atoms with Gasteiger partial charge in [0.1, 0.15) is 10.3 Å². The number of rotatable bonds is 1. The van der Waals surface area contributed by atoms with E-state index in [1.165, 1.54) is 0 Å². The summed E-state index contributed by atoms with van der Waals surface area (Å²) in [6.45, 7) is 0. The molecular weight excluding hydrogens is 224 g/mol. The number of nitrogens with zero attached hydrogens (tertiary/aromatic N) is 1. The molecule has 0 aromatic carbocycles. The average Bonchev–Trinajstić information content (AvgIpc) is 1.96. The van der Waals surface area contributed by atoms with E-state index in [1.54, 1.807) is 0 Å². The zero-order valence-electron chi connectivity index (χ0n) is 5.47. The van der Waals surface area contributed by atoms with Crippen molar-refractivity contribution in [3.05, 3.63) is 27.0 Å². The van der Waals surface area contributed by atoms with E-state index in [0.717, 1.165) is 6.07 Å². The van der Waals surface area contributed by atoms with Crippen LogP contribution in [0.15, 0.2) is 6.07 Å². The first kappa shape index (κ1) is 9.58. The van der Waals surface area contributed by atoms with Gasteiger partial charge >= 0.3 is 0 Å². The molecule has 0 N–H and O–H groups in total. The van der Waals surface area contributed by atoms with Crippen molar-refractivity contribution in [3.8, 4) is 0 Å². The van der Waals surface area contributed by atoms with Crippen molar-refractivity contribution in [2.75, 3.05) is 0 Å². The van der Waals surface area contributed by atoms with Gasteiger partial charge in [0, 0.05) is 5.56 Å². The number of pyridine rings is 1. The number of halogens is 3. The predicted molar refractivity (Wildman–Crippen MR) is 43.6 cm³/mol. The molecule has 1 aromatic heterocycles. The second-order valence-electron chi connectivity index (χ2n) is 1.89. The molecule has 3 nitrogen and oxygen atoms in total. The molecule has 0 aliphatic carbocycles. The lowest BCUT2D eigenvalue weighted by atomic mass is 10.3. The van der Waals surface area contributed by atoms with Crippen LogP contribution in [0.25, 0.3) is 0 Å². The van der Waals surface area contributed by atoms with Gasteiger partial charge in [0.15, 0.2) is 0 Å². The van der Waals surface area contributed by atoms with E-state index in [-0.39, 0.29) is 20.9 Å². The van der Waals surface area contributed by atoms with Gasteiger partial charge in [-0.25, -0.2) is 4.98 Å².